The Morgan fingerprint density at radius 2 is 2.24 bits per heavy atom. The van der Waals surface area contributed by atoms with E-state index in [0.29, 0.717) is 17.5 Å². The maximum absolute atomic E-state index is 9.05. The number of rotatable bonds is 2. The van der Waals surface area contributed by atoms with Gasteiger partial charge >= 0.3 is 0 Å². The van der Waals surface area contributed by atoms with Crippen LogP contribution < -0.4 is 5.32 Å². The molecule has 1 aromatic heterocycles. The van der Waals surface area contributed by atoms with Gasteiger partial charge in [-0.1, -0.05) is 26.7 Å². The lowest BCUT2D eigenvalue weighted by Crippen LogP contribution is -2.35. The minimum atomic E-state index is 0.468. The van der Waals surface area contributed by atoms with E-state index in [1.807, 2.05) is 0 Å². The summed E-state index contributed by atoms with van der Waals surface area (Å²) in [6, 6.07) is 4.44. The molecule has 0 bridgehead atoms. The van der Waals surface area contributed by atoms with Gasteiger partial charge in [-0.05, 0) is 24.3 Å². The molecule has 1 saturated carbocycles. The average molecular weight is 229 g/mol. The van der Waals surface area contributed by atoms with Crippen molar-refractivity contribution in [2.45, 2.75) is 39.2 Å². The molecule has 3 unspecified atom stereocenters. The molecule has 0 spiro atoms. The average Bonchev–Trinajstić information content (AvgIpc) is 2.35. The van der Waals surface area contributed by atoms with Gasteiger partial charge in [0.15, 0.2) is 0 Å². The summed E-state index contributed by atoms with van der Waals surface area (Å²) in [5.74, 6) is 1.40. The van der Waals surface area contributed by atoms with E-state index in [0.717, 1.165) is 11.6 Å². The second kappa shape index (κ2) is 5.18. The lowest BCUT2D eigenvalue weighted by Gasteiger charge is -2.35. The molecule has 0 saturated heterocycles. The Bertz CT molecular complexity index is 422. The fourth-order valence-electron chi connectivity index (χ4n) is 2.59. The molecule has 3 nitrogen and oxygen atoms in total. The minimum absolute atomic E-state index is 0.468. The summed E-state index contributed by atoms with van der Waals surface area (Å²) < 4.78 is 0. The quantitative estimate of drug-likeness (QED) is 0.847. The third-order valence-electron chi connectivity index (χ3n) is 3.99. The molecule has 1 heterocycles. The molecule has 3 atom stereocenters. The van der Waals surface area contributed by atoms with Crippen LogP contribution in [0, 0.1) is 23.2 Å². The van der Waals surface area contributed by atoms with E-state index in [1.165, 1.54) is 19.3 Å². The van der Waals surface area contributed by atoms with Gasteiger partial charge in [0.1, 0.15) is 6.07 Å². The normalized spacial score (nSPS) is 28.4. The summed E-state index contributed by atoms with van der Waals surface area (Å²) in [6.07, 6.45) is 7.19. The number of nitrogens with zero attached hydrogens (tertiary/aromatic N) is 2. The number of hydrogen-bond donors (Lipinski definition) is 1. The highest BCUT2D eigenvalue weighted by molar-refractivity contribution is 5.56. The van der Waals surface area contributed by atoms with Gasteiger partial charge in [-0.2, -0.15) is 5.26 Å². The van der Waals surface area contributed by atoms with Gasteiger partial charge in [0, 0.05) is 12.2 Å². The zero-order valence-corrected chi connectivity index (χ0v) is 10.5. The molecule has 1 fully saturated rings. The SMILES string of the molecule is CC1CCCC(Nc2cnccc2C#N)C1C. The molecule has 0 aromatic carbocycles. The maximum Gasteiger partial charge on any atom is 0.101 e. The van der Waals surface area contributed by atoms with Crippen LogP contribution in [0.25, 0.3) is 0 Å². The number of nitrogens with one attached hydrogen (secondary N) is 1. The predicted molar refractivity (Wildman–Crippen MR) is 68.5 cm³/mol. The highest BCUT2D eigenvalue weighted by atomic mass is 14.9. The summed E-state index contributed by atoms with van der Waals surface area (Å²) in [5, 5.41) is 12.5. The highest BCUT2D eigenvalue weighted by Gasteiger charge is 2.27. The van der Waals surface area contributed by atoms with E-state index in [1.54, 1.807) is 18.5 Å². The van der Waals surface area contributed by atoms with E-state index in [9.17, 15) is 0 Å². The first-order chi connectivity index (χ1) is 8.22. The van der Waals surface area contributed by atoms with E-state index >= 15 is 0 Å². The molecule has 1 aliphatic rings. The first kappa shape index (κ1) is 11.9. The first-order valence-electron chi connectivity index (χ1n) is 6.33. The van der Waals surface area contributed by atoms with Crippen LogP contribution in [0.15, 0.2) is 18.5 Å². The van der Waals surface area contributed by atoms with E-state index < -0.39 is 0 Å². The van der Waals surface area contributed by atoms with Gasteiger partial charge in [0.05, 0.1) is 17.4 Å². The topological polar surface area (TPSA) is 48.7 Å². The van der Waals surface area contributed by atoms with Crippen LogP contribution in [0.4, 0.5) is 5.69 Å². The second-order valence-corrected chi connectivity index (χ2v) is 5.05. The molecule has 0 radical (unpaired) electrons. The third kappa shape index (κ3) is 2.58. The van der Waals surface area contributed by atoms with Gasteiger partial charge < -0.3 is 5.32 Å². The summed E-state index contributed by atoms with van der Waals surface area (Å²) >= 11 is 0. The van der Waals surface area contributed by atoms with Crippen molar-refractivity contribution in [2.75, 3.05) is 5.32 Å². The van der Waals surface area contributed by atoms with Crippen molar-refractivity contribution in [3.8, 4) is 6.07 Å². The monoisotopic (exact) mass is 229 g/mol. The first-order valence-corrected chi connectivity index (χ1v) is 6.33. The summed E-state index contributed by atoms with van der Waals surface area (Å²) in [4.78, 5) is 4.09. The van der Waals surface area contributed by atoms with Crippen molar-refractivity contribution in [1.82, 2.24) is 4.98 Å². The molecular formula is C14H19N3. The lowest BCUT2D eigenvalue weighted by atomic mass is 9.78. The van der Waals surface area contributed by atoms with Gasteiger partial charge in [0.2, 0.25) is 0 Å². The summed E-state index contributed by atoms with van der Waals surface area (Å²) in [5.41, 5.74) is 1.56. The van der Waals surface area contributed by atoms with Crippen LogP contribution in [-0.2, 0) is 0 Å². The van der Waals surface area contributed by atoms with Crippen molar-refractivity contribution in [1.29, 1.82) is 5.26 Å². The molecule has 1 aliphatic carbocycles. The smallest absolute Gasteiger partial charge is 0.101 e. The molecular weight excluding hydrogens is 210 g/mol. The molecule has 1 aromatic rings. The van der Waals surface area contributed by atoms with Crippen molar-refractivity contribution >= 4 is 5.69 Å². The van der Waals surface area contributed by atoms with Crippen molar-refractivity contribution in [3.05, 3.63) is 24.0 Å². The fraction of sp³-hybridized carbons (Fsp3) is 0.571. The zero-order valence-electron chi connectivity index (χ0n) is 10.5. The van der Waals surface area contributed by atoms with Gasteiger partial charge in [-0.3, -0.25) is 4.98 Å². The number of aromatic nitrogens is 1. The van der Waals surface area contributed by atoms with E-state index in [-0.39, 0.29) is 0 Å². The van der Waals surface area contributed by atoms with Gasteiger partial charge in [0.25, 0.3) is 0 Å². The van der Waals surface area contributed by atoms with Crippen LogP contribution in [0.5, 0.6) is 0 Å². The Kier molecular flexibility index (Phi) is 3.63. The maximum atomic E-state index is 9.05. The molecule has 90 valence electrons. The largest absolute Gasteiger partial charge is 0.380 e. The third-order valence-corrected chi connectivity index (χ3v) is 3.99. The molecule has 0 aliphatic heterocycles. The van der Waals surface area contributed by atoms with Crippen molar-refractivity contribution in [3.63, 3.8) is 0 Å². The summed E-state index contributed by atoms with van der Waals surface area (Å²) in [7, 11) is 0. The van der Waals surface area contributed by atoms with Crippen molar-refractivity contribution in [2.24, 2.45) is 11.8 Å². The predicted octanol–water partition coefficient (Wildman–Crippen LogP) is 3.19. The van der Waals surface area contributed by atoms with Crippen LogP contribution >= 0.6 is 0 Å². The molecule has 0 amide bonds. The Morgan fingerprint density at radius 3 is 3.00 bits per heavy atom. The van der Waals surface area contributed by atoms with Crippen LogP contribution in [0.1, 0.15) is 38.7 Å². The molecule has 1 N–H and O–H groups in total. The van der Waals surface area contributed by atoms with Crippen LogP contribution in [0.2, 0.25) is 0 Å². The number of pyridine rings is 1. The number of hydrogen-bond acceptors (Lipinski definition) is 3. The van der Waals surface area contributed by atoms with E-state index in [4.69, 9.17) is 5.26 Å². The Balaban J connectivity index is 2.12. The number of anilines is 1. The van der Waals surface area contributed by atoms with Crippen molar-refractivity contribution < 1.29 is 0 Å². The molecule has 17 heavy (non-hydrogen) atoms. The zero-order chi connectivity index (χ0) is 12.3. The highest BCUT2D eigenvalue weighted by Crippen LogP contribution is 2.31. The molecule has 2 rings (SSSR count). The summed E-state index contributed by atoms with van der Waals surface area (Å²) in [6.45, 7) is 4.61. The minimum Gasteiger partial charge on any atom is -0.380 e. The Hall–Kier alpha value is -1.56. The standard InChI is InChI=1S/C14H19N3/c1-10-4-3-5-13(11(10)2)17-14-9-16-7-6-12(14)8-15/h6-7,9-11,13,17H,3-5H2,1-2H3. The van der Waals surface area contributed by atoms with Crippen LogP contribution in [0.3, 0.4) is 0 Å². The number of nitriles is 1. The molecule has 3 heteroatoms. The van der Waals surface area contributed by atoms with E-state index in [2.05, 4.69) is 30.2 Å². The van der Waals surface area contributed by atoms with Gasteiger partial charge in [-0.25, -0.2) is 0 Å². The Labute approximate surface area is 103 Å². The van der Waals surface area contributed by atoms with Crippen LogP contribution in [-0.4, -0.2) is 11.0 Å². The second-order valence-electron chi connectivity index (χ2n) is 5.05. The Morgan fingerprint density at radius 1 is 1.41 bits per heavy atom. The van der Waals surface area contributed by atoms with Gasteiger partial charge in [-0.15, -0.1) is 0 Å². The fourth-order valence-corrected chi connectivity index (χ4v) is 2.59. The lowest BCUT2D eigenvalue weighted by molar-refractivity contribution is 0.253.